The van der Waals surface area contributed by atoms with E-state index in [-0.39, 0.29) is 12.3 Å². The fraction of sp³-hybridized carbons (Fsp3) is 0.105. The van der Waals surface area contributed by atoms with Gasteiger partial charge in [-0.2, -0.15) is 0 Å². The van der Waals surface area contributed by atoms with E-state index in [0.29, 0.717) is 5.56 Å². The lowest BCUT2D eigenvalue weighted by Gasteiger charge is -2.01. The molecule has 23 heavy (non-hydrogen) atoms. The van der Waals surface area contributed by atoms with Crippen LogP contribution in [0.5, 0.6) is 0 Å². The zero-order chi connectivity index (χ0) is 16.2. The number of halogens is 1. The Morgan fingerprint density at radius 3 is 2.35 bits per heavy atom. The molecule has 0 aliphatic rings. The summed E-state index contributed by atoms with van der Waals surface area (Å²) in [5, 5.41) is 0. The minimum absolute atomic E-state index is 0.0624. The van der Waals surface area contributed by atoms with Crippen molar-refractivity contribution in [3.05, 3.63) is 82.7 Å². The van der Waals surface area contributed by atoms with Gasteiger partial charge in [-0.15, -0.1) is 0 Å². The van der Waals surface area contributed by atoms with Gasteiger partial charge in [-0.3, -0.25) is 4.79 Å². The number of nitrogens with zero attached hydrogens (tertiary/aromatic N) is 2. The van der Waals surface area contributed by atoms with Crippen LogP contribution >= 0.6 is 15.9 Å². The van der Waals surface area contributed by atoms with Crippen molar-refractivity contribution in [2.45, 2.75) is 13.5 Å². The third kappa shape index (κ3) is 3.90. The summed E-state index contributed by atoms with van der Waals surface area (Å²) in [5.41, 5.74) is 3.89. The van der Waals surface area contributed by atoms with Gasteiger partial charge in [0.05, 0.1) is 6.20 Å². The van der Waals surface area contributed by atoms with E-state index in [1.54, 1.807) is 10.9 Å². The predicted octanol–water partition coefficient (Wildman–Crippen LogP) is 3.99. The fourth-order valence-electron chi connectivity index (χ4n) is 2.27. The number of hydrogen-bond acceptors (Lipinski definition) is 2. The third-order valence-electron chi connectivity index (χ3n) is 3.61. The Kier molecular flexibility index (Phi) is 4.63. The molecule has 0 radical (unpaired) electrons. The highest BCUT2D eigenvalue weighted by Gasteiger charge is 2.11. The maximum absolute atomic E-state index is 12.3. The average Bonchev–Trinajstić information content (AvgIpc) is 2.57. The van der Waals surface area contributed by atoms with E-state index in [0.717, 1.165) is 15.7 Å². The molecule has 0 atom stereocenters. The number of ketones is 1. The molecule has 0 N–H and O–H groups in total. The molecule has 114 valence electrons. The summed E-state index contributed by atoms with van der Waals surface area (Å²) < 4.78 is 2.76. The monoisotopic (exact) mass is 367 g/mol. The molecule has 3 aromatic rings. The Morgan fingerprint density at radius 2 is 1.74 bits per heavy atom. The quantitative estimate of drug-likeness (QED) is 0.516. The van der Waals surface area contributed by atoms with Crippen molar-refractivity contribution in [3.63, 3.8) is 0 Å². The minimum Gasteiger partial charge on any atom is -0.290 e. The van der Waals surface area contributed by atoms with Crippen molar-refractivity contribution in [1.29, 1.82) is 0 Å². The molecule has 0 aliphatic heterocycles. The van der Waals surface area contributed by atoms with Gasteiger partial charge in [-0.25, -0.2) is 4.57 Å². The van der Waals surface area contributed by atoms with E-state index in [1.165, 1.54) is 5.56 Å². The Hall–Kier alpha value is -2.33. The lowest BCUT2D eigenvalue weighted by molar-refractivity contribution is -0.686. The fourth-order valence-corrected chi connectivity index (χ4v) is 2.53. The molecule has 0 bridgehead atoms. The number of benzene rings is 2. The minimum atomic E-state index is 0.0624. The average molecular weight is 368 g/mol. The first-order valence-electron chi connectivity index (χ1n) is 7.33. The highest BCUT2D eigenvalue weighted by Crippen LogP contribution is 2.15. The van der Waals surface area contributed by atoms with Gasteiger partial charge in [0.2, 0.25) is 5.78 Å². The number of carbonyl (C=O) groups is 1. The van der Waals surface area contributed by atoms with Crippen LogP contribution in [0.1, 0.15) is 15.9 Å². The predicted molar refractivity (Wildman–Crippen MR) is 93.1 cm³/mol. The van der Waals surface area contributed by atoms with Gasteiger partial charge in [-0.05, 0) is 24.0 Å². The first-order valence-corrected chi connectivity index (χ1v) is 8.12. The van der Waals surface area contributed by atoms with Gasteiger partial charge < -0.3 is 0 Å². The second kappa shape index (κ2) is 6.84. The second-order valence-corrected chi connectivity index (χ2v) is 6.33. The molecule has 0 spiro atoms. The molecule has 0 aliphatic carbocycles. The van der Waals surface area contributed by atoms with Crippen molar-refractivity contribution < 1.29 is 9.36 Å². The van der Waals surface area contributed by atoms with Crippen LogP contribution in [0.25, 0.3) is 11.3 Å². The summed E-state index contributed by atoms with van der Waals surface area (Å²) in [7, 11) is 0. The maximum atomic E-state index is 12.3. The third-order valence-corrected chi connectivity index (χ3v) is 4.14. The smallest absolute Gasteiger partial charge is 0.287 e. The number of rotatable bonds is 4. The standard InChI is InChI=1S/C19H16BrN2O/c1-14-2-4-15(5-3-14)18-10-11-22(13-21-18)12-19(23)16-6-8-17(20)9-7-16/h2-11,13H,12H2,1H3/q+1. The summed E-state index contributed by atoms with van der Waals surface area (Å²) in [4.78, 5) is 16.7. The molecule has 1 heterocycles. The zero-order valence-corrected chi connectivity index (χ0v) is 14.3. The molecule has 3 rings (SSSR count). The molecule has 0 amide bonds. The molecular formula is C19H16BrN2O+. The number of aromatic nitrogens is 2. The van der Waals surface area contributed by atoms with Gasteiger partial charge in [0, 0.05) is 21.7 Å². The van der Waals surface area contributed by atoms with Gasteiger partial charge >= 0.3 is 0 Å². The highest BCUT2D eigenvalue weighted by molar-refractivity contribution is 9.10. The van der Waals surface area contributed by atoms with Crippen LogP contribution in [-0.2, 0) is 6.54 Å². The van der Waals surface area contributed by atoms with E-state index < -0.39 is 0 Å². The Balaban J connectivity index is 1.73. The maximum Gasteiger partial charge on any atom is 0.287 e. The SMILES string of the molecule is Cc1ccc(-c2cc[n+](CC(=O)c3ccc(Br)cc3)cn2)cc1. The van der Waals surface area contributed by atoms with Crippen molar-refractivity contribution in [2.75, 3.05) is 0 Å². The summed E-state index contributed by atoms with van der Waals surface area (Å²) in [6, 6.07) is 17.5. The van der Waals surface area contributed by atoms with Gasteiger partial charge in [0.15, 0.2) is 12.2 Å². The lowest BCUT2D eigenvalue weighted by atomic mass is 10.1. The molecule has 3 nitrogen and oxygen atoms in total. The van der Waals surface area contributed by atoms with Crippen LogP contribution in [0.15, 0.2) is 71.6 Å². The molecule has 0 unspecified atom stereocenters. The van der Waals surface area contributed by atoms with Crippen LogP contribution in [0.2, 0.25) is 0 Å². The molecule has 4 heteroatoms. The number of Topliss-reactive ketones (excluding diaryl/α,β-unsaturated/α-hetero) is 1. The number of carbonyl (C=O) groups excluding carboxylic acids is 1. The van der Waals surface area contributed by atoms with Crippen LogP contribution < -0.4 is 4.57 Å². The van der Waals surface area contributed by atoms with E-state index in [4.69, 9.17) is 0 Å². The topological polar surface area (TPSA) is 33.8 Å². The summed E-state index contributed by atoms with van der Waals surface area (Å²) in [6.45, 7) is 2.34. The van der Waals surface area contributed by atoms with Crippen LogP contribution in [0.4, 0.5) is 0 Å². The molecular weight excluding hydrogens is 352 g/mol. The molecule has 0 fully saturated rings. The van der Waals surface area contributed by atoms with E-state index in [2.05, 4.69) is 52.1 Å². The number of hydrogen-bond donors (Lipinski definition) is 0. The zero-order valence-electron chi connectivity index (χ0n) is 12.7. The summed E-state index contributed by atoms with van der Waals surface area (Å²) in [5.74, 6) is 0.0624. The van der Waals surface area contributed by atoms with Crippen molar-refractivity contribution >= 4 is 21.7 Å². The van der Waals surface area contributed by atoms with Crippen LogP contribution in [-0.4, -0.2) is 10.8 Å². The Bertz CT molecular complexity index is 809. The first-order chi connectivity index (χ1) is 11.1. The largest absolute Gasteiger partial charge is 0.290 e. The highest BCUT2D eigenvalue weighted by atomic mass is 79.9. The van der Waals surface area contributed by atoms with E-state index in [1.807, 2.05) is 36.5 Å². The first kappa shape index (κ1) is 15.6. The van der Waals surface area contributed by atoms with Crippen molar-refractivity contribution in [3.8, 4) is 11.3 Å². The molecule has 2 aromatic carbocycles. The van der Waals surface area contributed by atoms with Crippen molar-refractivity contribution in [1.82, 2.24) is 4.98 Å². The summed E-state index contributed by atoms with van der Waals surface area (Å²) in [6.07, 6.45) is 3.59. The van der Waals surface area contributed by atoms with Crippen molar-refractivity contribution in [2.24, 2.45) is 0 Å². The van der Waals surface area contributed by atoms with Gasteiger partial charge in [0.25, 0.3) is 6.33 Å². The summed E-state index contributed by atoms with van der Waals surface area (Å²) >= 11 is 3.37. The van der Waals surface area contributed by atoms with Gasteiger partial charge in [-0.1, -0.05) is 57.9 Å². The number of aryl methyl sites for hydroxylation is 1. The normalized spacial score (nSPS) is 10.5. The van der Waals surface area contributed by atoms with E-state index >= 15 is 0 Å². The molecule has 0 saturated carbocycles. The van der Waals surface area contributed by atoms with Crippen LogP contribution in [0, 0.1) is 6.92 Å². The Morgan fingerprint density at radius 1 is 1.04 bits per heavy atom. The van der Waals surface area contributed by atoms with Gasteiger partial charge in [0.1, 0.15) is 0 Å². The Labute approximate surface area is 143 Å². The molecule has 0 saturated heterocycles. The molecule has 1 aromatic heterocycles. The van der Waals surface area contributed by atoms with E-state index in [9.17, 15) is 4.79 Å². The van der Waals surface area contributed by atoms with Crippen LogP contribution in [0.3, 0.4) is 0 Å². The lowest BCUT2D eigenvalue weighted by Crippen LogP contribution is -2.37. The second-order valence-electron chi connectivity index (χ2n) is 5.41.